The fraction of sp³-hybridized carbons (Fsp3) is 0.826. The number of carbonyl (C=O) groups is 4. The van der Waals surface area contributed by atoms with Gasteiger partial charge in [0.05, 0.1) is 13.2 Å². The molecule has 55 heavy (non-hydrogen) atoms. The molecular formula is C46H84N2O7. The minimum absolute atomic E-state index is 0.114. The van der Waals surface area contributed by atoms with Gasteiger partial charge < -0.3 is 25.6 Å². The number of amides is 2. The van der Waals surface area contributed by atoms with Crippen molar-refractivity contribution in [1.82, 2.24) is 10.6 Å². The van der Waals surface area contributed by atoms with Crippen LogP contribution in [0.5, 0.6) is 0 Å². The van der Waals surface area contributed by atoms with E-state index < -0.39 is 24.5 Å². The Balaban J connectivity index is 3.94. The lowest BCUT2D eigenvalue weighted by Gasteiger charge is -2.15. The predicted octanol–water partition coefficient (Wildman–Crippen LogP) is 11.2. The molecule has 0 fully saturated rings. The minimum atomic E-state index is -1.39. The zero-order valence-corrected chi connectivity index (χ0v) is 35.4. The van der Waals surface area contributed by atoms with Crippen molar-refractivity contribution in [2.24, 2.45) is 0 Å². The Bertz CT molecular complexity index is 983. The van der Waals surface area contributed by atoms with Crippen molar-refractivity contribution in [3.05, 3.63) is 24.3 Å². The van der Waals surface area contributed by atoms with E-state index in [1.807, 2.05) is 6.08 Å². The van der Waals surface area contributed by atoms with Gasteiger partial charge in [0.15, 0.2) is 0 Å². The summed E-state index contributed by atoms with van der Waals surface area (Å²) >= 11 is 0. The number of esters is 1. The molecule has 0 aliphatic carbocycles. The summed E-state index contributed by atoms with van der Waals surface area (Å²) in [6, 6.07) is -1.39. The zero-order chi connectivity index (χ0) is 40.5. The predicted molar refractivity (Wildman–Crippen MR) is 227 cm³/mol. The molecule has 0 aliphatic heterocycles. The number of hydrogen-bond acceptors (Lipinski definition) is 6. The molecule has 2 atom stereocenters. The summed E-state index contributed by atoms with van der Waals surface area (Å²) in [5, 5.41) is 22.5. The number of unbranched alkanes of at least 4 members (excludes halogenated alkanes) is 25. The maximum atomic E-state index is 12.7. The summed E-state index contributed by atoms with van der Waals surface area (Å²) in [7, 11) is 0. The Morgan fingerprint density at radius 3 is 1.51 bits per heavy atom. The highest BCUT2D eigenvalue weighted by Crippen LogP contribution is 2.16. The van der Waals surface area contributed by atoms with Gasteiger partial charge in [0, 0.05) is 12.8 Å². The summed E-state index contributed by atoms with van der Waals surface area (Å²) < 4.78 is 5.87. The molecule has 0 rings (SSSR count). The number of aliphatic hydroxyl groups is 1. The van der Waals surface area contributed by atoms with Gasteiger partial charge in [-0.3, -0.25) is 14.4 Å². The first-order valence-corrected chi connectivity index (χ1v) is 22.7. The molecule has 2 amide bonds. The highest BCUT2D eigenvalue weighted by Gasteiger charge is 2.18. The summed E-state index contributed by atoms with van der Waals surface area (Å²) in [5.41, 5.74) is 0. The molecule has 0 aromatic carbocycles. The van der Waals surface area contributed by atoms with E-state index in [1.165, 1.54) is 135 Å². The van der Waals surface area contributed by atoms with Gasteiger partial charge >= 0.3 is 11.9 Å². The summed E-state index contributed by atoms with van der Waals surface area (Å²) in [4.78, 5) is 47.4. The smallest absolute Gasteiger partial charge is 0.328 e. The first-order chi connectivity index (χ1) is 26.8. The van der Waals surface area contributed by atoms with Crippen molar-refractivity contribution in [1.29, 1.82) is 0 Å². The van der Waals surface area contributed by atoms with Crippen molar-refractivity contribution in [2.45, 2.75) is 231 Å². The highest BCUT2D eigenvalue weighted by atomic mass is 16.5. The lowest BCUT2D eigenvalue weighted by Crippen LogP contribution is -2.47. The summed E-state index contributed by atoms with van der Waals surface area (Å²) in [6.07, 6.45) is 45.4. The molecule has 0 heterocycles. The Morgan fingerprint density at radius 1 is 0.545 bits per heavy atom. The van der Waals surface area contributed by atoms with Crippen LogP contribution in [0.3, 0.4) is 0 Å². The minimum Gasteiger partial charge on any atom is -0.480 e. The molecule has 320 valence electrons. The third-order valence-electron chi connectivity index (χ3n) is 10.2. The number of rotatable bonds is 41. The first-order valence-electron chi connectivity index (χ1n) is 22.7. The van der Waals surface area contributed by atoms with Gasteiger partial charge in [0.25, 0.3) is 0 Å². The number of allylic oxidation sites excluding steroid dienone is 3. The fourth-order valence-corrected chi connectivity index (χ4v) is 6.62. The van der Waals surface area contributed by atoms with Gasteiger partial charge in [-0.2, -0.15) is 0 Å². The van der Waals surface area contributed by atoms with Crippen LogP contribution >= 0.6 is 0 Å². The second kappa shape index (κ2) is 41.0. The van der Waals surface area contributed by atoms with Gasteiger partial charge in [0.2, 0.25) is 11.8 Å². The van der Waals surface area contributed by atoms with Gasteiger partial charge in [0.1, 0.15) is 12.1 Å². The van der Waals surface area contributed by atoms with Crippen LogP contribution in [0, 0.1) is 0 Å². The third-order valence-corrected chi connectivity index (χ3v) is 10.2. The molecule has 0 aromatic heterocycles. The van der Waals surface area contributed by atoms with E-state index in [1.54, 1.807) is 0 Å². The number of hydrogen-bond donors (Lipinski definition) is 4. The molecule has 0 saturated carbocycles. The molecule has 0 saturated heterocycles. The monoisotopic (exact) mass is 777 g/mol. The average Bonchev–Trinajstić information content (AvgIpc) is 3.17. The maximum Gasteiger partial charge on any atom is 0.328 e. The van der Waals surface area contributed by atoms with Gasteiger partial charge in [-0.05, 0) is 70.3 Å². The maximum absolute atomic E-state index is 12.7. The van der Waals surface area contributed by atoms with E-state index in [-0.39, 0.29) is 30.9 Å². The lowest BCUT2D eigenvalue weighted by atomic mass is 10.0. The lowest BCUT2D eigenvalue weighted by molar-refractivity contribution is -0.147. The molecule has 4 N–H and O–H groups in total. The van der Waals surface area contributed by atoms with Gasteiger partial charge in [-0.15, -0.1) is 0 Å². The Kier molecular flexibility index (Phi) is 39.0. The number of ether oxygens (including phenoxy) is 1. The van der Waals surface area contributed by atoms with E-state index in [9.17, 15) is 19.2 Å². The largest absolute Gasteiger partial charge is 0.480 e. The number of carboxylic acid groups (broad SMARTS) is 1. The summed E-state index contributed by atoms with van der Waals surface area (Å²) in [6.45, 7) is 3.41. The van der Waals surface area contributed by atoms with Gasteiger partial charge in [-0.25, -0.2) is 4.79 Å². The number of carboxylic acids is 1. The Morgan fingerprint density at radius 2 is 0.982 bits per heavy atom. The van der Waals surface area contributed by atoms with Crippen LogP contribution in [0.1, 0.15) is 219 Å². The van der Waals surface area contributed by atoms with Crippen LogP contribution in [0.4, 0.5) is 0 Å². The zero-order valence-electron chi connectivity index (χ0n) is 35.4. The number of carbonyl (C=O) groups excluding carboxylic acids is 3. The molecule has 0 bridgehead atoms. The fourth-order valence-electron chi connectivity index (χ4n) is 6.62. The average molecular weight is 777 g/mol. The normalized spacial score (nSPS) is 12.6. The van der Waals surface area contributed by atoms with E-state index in [0.717, 1.165) is 51.4 Å². The number of aliphatic hydroxyl groups excluding tert-OH is 1. The van der Waals surface area contributed by atoms with Crippen LogP contribution in [-0.4, -0.2) is 59.3 Å². The van der Waals surface area contributed by atoms with Crippen molar-refractivity contribution in [3.63, 3.8) is 0 Å². The molecule has 9 nitrogen and oxygen atoms in total. The van der Waals surface area contributed by atoms with Crippen LogP contribution in [-0.2, 0) is 23.9 Å². The van der Waals surface area contributed by atoms with Crippen LogP contribution in [0.25, 0.3) is 0 Å². The standard InChI is InChI=1S/C46H84N2O7/c1-3-5-7-9-10-11-12-13-14-15-16-17-18-19-20-21-22-23-24-25-26-28-34-38-45(52)55-41(35-31-27-8-6-4-2)36-32-29-30-33-37-43(50)47-39-44(51)48-42(40-49)46(53)54/h15-16,31,35,41-42,49H,3-14,17-30,32-34,36-40H2,1-2H3,(H,47,50)(H,48,51)(H,53,54)/b16-15-,35-31-. The van der Waals surface area contributed by atoms with Crippen LogP contribution < -0.4 is 10.6 Å². The van der Waals surface area contributed by atoms with Crippen LogP contribution in [0.2, 0.25) is 0 Å². The number of aliphatic carboxylic acids is 1. The summed E-state index contributed by atoms with van der Waals surface area (Å²) in [5.74, 6) is -2.40. The first kappa shape index (κ1) is 52.3. The van der Waals surface area contributed by atoms with Crippen LogP contribution in [0.15, 0.2) is 24.3 Å². The quantitative estimate of drug-likeness (QED) is 0.0275. The molecule has 0 aliphatic rings. The van der Waals surface area contributed by atoms with Crippen molar-refractivity contribution >= 4 is 23.8 Å². The molecular weight excluding hydrogens is 693 g/mol. The Hall–Kier alpha value is -2.68. The Labute approximate surface area is 336 Å². The third kappa shape index (κ3) is 38.0. The van der Waals surface area contributed by atoms with E-state index in [4.69, 9.17) is 14.9 Å². The number of nitrogens with one attached hydrogen (secondary N) is 2. The van der Waals surface area contributed by atoms with E-state index >= 15 is 0 Å². The second-order valence-electron chi connectivity index (χ2n) is 15.5. The second-order valence-corrected chi connectivity index (χ2v) is 15.5. The molecule has 0 spiro atoms. The van der Waals surface area contributed by atoms with E-state index in [0.29, 0.717) is 12.8 Å². The van der Waals surface area contributed by atoms with Crippen molar-refractivity contribution in [3.8, 4) is 0 Å². The molecule has 0 radical (unpaired) electrons. The topological polar surface area (TPSA) is 142 Å². The highest BCUT2D eigenvalue weighted by molar-refractivity contribution is 5.87. The molecule has 9 heteroatoms. The molecule has 2 unspecified atom stereocenters. The molecule has 0 aromatic rings. The van der Waals surface area contributed by atoms with E-state index in [2.05, 4.69) is 42.7 Å². The van der Waals surface area contributed by atoms with Gasteiger partial charge in [-0.1, -0.05) is 160 Å². The SMILES string of the molecule is CCCCC/C=C\C(CCCCCCC(=O)NCC(=O)NC(CO)C(=O)O)OC(=O)CCCCCCCCCCCCC/C=C\CCCCCCCCCC. The van der Waals surface area contributed by atoms with Crippen molar-refractivity contribution < 1.29 is 34.1 Å². The van der Waals surface area contributed by atoms with Crippen molar-refractivity contribution in [2.75, 3.05) is 13.2 Å².